The van der Waals surface area contributed by atoms with Crippen molar-refractivity contribution in [3.05, 3.63) is 107 Å². The lowest BCUT2D eigenvalue weighted by atomic mass is 9.79. The van der Waals surface area contributed by atoms with Crippen LogP contribution in [0.5, 0.6) is 0 Å². The van der Waals surface area contributed by atoms with Crippen LogP contribution in [0.15, 0.2) is 78.9 Å². The Morgan fingerprint density at radius 1 is 0.769 bits per heavy atom. The molecule has 0 saturated carbocycles. The van der Waals surface area contributed by atoms with Crippen molar-refractivity contribution in [2.24, 2.45) is 0 Å². The first kappa shape index (κ1) is 15.6. The summed E-state index contributed by atoms with van der Waals surface area (Å²) in [5.41, 5.74) is 10.4. The fraction of sp³-hybridized carbons (Fsp3) is 0.231. The van der Waals surface area contributed by atoms with Crippen molar-refractivity contribution in [1.82, 2.24) is 0 Å². The number of hydrogen-bond acceptors (Lipinski definition) is 0. The molecule has 1 atom stereocenters. The number of fused-ring (bicyclic) bond motifs is 3. The van der Waals surface area contributed by atoms with Crippen LogP contribution in [0.1, 0.15) is 59.4 Å². The van der Waals surface area contributed by atoms with E-state index in [9.17, 15) is 0 Å². The summed E-state index contributed by atoms with van der Waals surface area (Å²) in [6.45, 7) is 2.29. The van der Waals surface area contributed by atoms with Gasteiger partial charge in [-0.05, 0) is 58.2 Å². The minimum Gasteiger partial charge on any atom is -0.0879 e. The van der Waals surface area contributed by atoms with E-state index in [1.54, 1.807) is 5.56 Å². The summed E-state index contributed by atoms with van der Waals surface area (Å²) in [6.07, 6.45) is 8.31. The van der Waals surface area contributed by atoms with Gasteiger partial charge in [-0.3, -0.25) is 0 Å². The number of hydrogen-bond donors (Lipinski definition) is 0. The van der Waals surface area contributed by atoms with Crippen LogP contribution in [0.4, 0.5) is 0 Å². The van der Waals surface area contributed by atoms with Crippen LogP contribution in [0.2, 0.25) is 0 Å². The molecule has 3 aromatic rings. The molecular weight excluding hydrogens is 312 g/mol. The molecule has 128 valence electrons. The molecule has 0 bridgehead atoms. The molecule has 0 aliphatic heterocycles. The summed E-state index contributed by atoms with van der Waals surface area (Å²) >= 11 is 0. The average Bonchev–Trinajstić information content (AvgIpc) is 3.34. The van der Waals surface area contributed by atoms with Gasteiger partial charge in [-0.25, -0.2) is 0 Å². The number of rotatable bonds is 3. The molecule has 26 heavy (non-hydrogen) atoms. The first-order chi connectivity index (χ1) is 12.9. The molecule has 0 spiro atoms. The van der Waals surface area contributed by atoms with E-state index in [1.165, 1.54) is 46.2 Å². The fourth-order valence-electron chi connectivity index (χ4n) is 4.97. The van der Waals surface area contributed by atoms with Crippen molar-refractivity contribution in [3.63, 3.8) is 0 Å². The van der Waals surface area contributed by atoms with E-state index < -0.39 is 0 Å². The molecule has 0 aromatic heterocycles. The topological polar surface area (TPSA) is 0 Å². The van der Waals surface area contributed by atoms with Crippen molar-refractivity contribution in [2.45, 2.75) is 38.0 Å². The fourth-order valence-corrected chi connectivity index (χ4v) is 4.97. The third kappa shape index (κ3) is 2.29. The highest BCUT2D eigenvalue weighted by molar-refractivity contribution is 5.81. The third-order valence-electron chi connectivity index (χ3n) is 6.15. The Labute approximate surface area is 156 Å². The normalized spacial score (nSPS) is 18.1. The monoisotopic (exact) mass is 336 g/mol. The molecule has 2 aliphatic rings. The number of benzene rings is 3. The van der Waals surface area contributed by atoms with Crippen molar-refractivity contribution in [2.75, 3.05) is 0 Å². The van der Waals surface area contributed by atoms with Crippen LogP contribution in [0.3, 0.4) is 0 Å². The van der Waals surface area contributed by atoms with Gasteiger partial charge in [0.25, 0.3) is 0 Å². The summed E-state index contributed by atoms with van der Waals surface area (Å²) in [6, 6.07) is 24.9. The lowest BCUT2D eigenvalue weighted by Crippen LogP contribution is -2.09. The van der Waals surface area contributed by atoms with Gasteiger partial charge in [0.2, 0.25) is 0 Å². The molecule has 2 aliphatic carbocycles. The molecule has 0 amide bonds. The van der Waals surface area contributed by atoms with Crippen LogP contribution in [0.25, 0.3) is 11.1 Å². The van der Waals surface area contributed by atoms with E-state index in [1.807, 2.05) is 0 Å². The van der Waals surface area contributed by atoms with Gasteiger partial charge in [0.1, 0.15) is 0 Å². The second-order valence-corrected chi connectivity index (χ2v) is 7.49. The Kier molecular flexibility index (Phi) is 3.78. The average molecular weight is 336 g/mol. The molecule has 1 unspecified atom stereocenters. The van der Waals surface area contributed by atoms with E-state index >= 15 is 0 Å². The van der Waals surface area contributed by atoms with E-state index in [4.69, 9.17) is 0 Å². The molecule has 0 N–H and O–H groups in total. The molecule has 0 heterocycles. The Morgan fingerprint density at radius 3 is 2.04 bits per heavy atom. The minimum absolute atomic E-state index is 0.363. The zero-order valence-electron chi connectivity index (χ0n) is 15.3. The van der Waals surface area contributed by atoms with Crippen LogP contribution in [-0.4, -0.2) is 0 Å². The van der Waals surface area contributed by atoms with Gasteiger partial charge in [-0.15, -0.1) is 0 Å². The molecular formula is C26H24. The number of aryl methyl sites for hydroxylation is 1. The highest BCUT2D eigenvalue weighted by atomic mass is 14.4. The smallest absolute Gasteiger partial charge is 0.0357 e. The van der Waals surface area contributed by atoms with Crippen molar-refractivity contribution < 1.29 is 0 Å². The van der Waals surface area contributed by atoms with Gasteiger partial charge in [0, 0.05) is 11.8 Å². The second kappa shape index (κ2) is 6.29. The Bertz CT molecular complexity index is 947. The summed E-state index contributed by atoms with van der Waals surface area (Å²) in [5, 5.41) is 0. The molecule has 0 heteroatoms. The third-order valence-corrected chi connectivity index (χ3v) is 6.15. The molecule has 0 fully saturated rings. The van der Waals surface area contributed by atoms with Gasteiger partial charge in [0.15, 0.2) is 0 Å². The van der Waals surface area contributed by atoms with Crippen molar-refractivity contribution in [1.29, 1.82) is 0 Å². The molecule has 3 aromatic carbocycles. The SMILES string of the molecule is CCc1cccc(C2C=CCC2)c1C1c2ccccc2-c2ccccc21. The van der Waals surface area contributed by atoms with Crippen LogP contribution in [0, 0.1) is 0 Å². The van der Waals surface area contributed by atoms with Gasteiger partial charge < -0.3 is 0 Å². The lowest BCUT2D eigenvalue weighted by Gasteiger charge is -2.24. The van der Waals surface area contributed by atoms with Crippen LogP contribution >= 0.6 is 0 Å². The maximum Gasteiger partial charge on any atom is 0.0357 e. The second-order valence-electron chi connectivity index (χ2n) is 7.49. The quantitative estimate of drug-likeness (QED) is 0.359. The van der Waals surface area contributed by atoms with Crippen LogP contribution in [-0.2, 0) is 6.42 Å². The maximum atomic E-state index is 2.42. The molecule has 5 rings (SSSR count). The van der Waals surface area contributed by atoms with Gasteiger partial charge >= 0.3 is 0 Å². The zero-order chi connectivity index (χ0) is 17.5. The van der Waals surface area contributed by atoms with Crippen molar-refractivity contribution >= 4 is 0 Å². The molecule has 0 saturated heterocycles. The van der Waals surface area contributed by atoms with E-state index in [2.05, 4.69) is 85.8 Å². The first-order valence-corrected chi connectivity index (χ1v) is 9.85. The summed E-state index contributed by atoms with van der Waals surface area (Å²) < 4.78 is 0. The number of allylic oxidation sites excluding steroid dienone is 2. The predicted molar refractivity (Wildman–Crippen MR) is 110 cm³/mol. The highest BCUT2D eigenvalue weighted by Gasteiger charge is 2.33. The zero-order valence-corrected chi connectivity index (χ0v) is 15.3. The summed E-state index contributed by atoms with van der Waals surface area (Å²) in [4.78, 5) is 0. The predicted octanol–water partition coefficient (Wildman–Crippen LogP) is 6.84. The highest BCUT2D eigenvalue weighted by Crippen LogP contribution is 2.50. The van der Waals surface area contributed by atoms with E-state index in [0.717, 1.165) is 6.42 Å². The van der Waals surface area contributed by atoms with E-state index in [-0.39, 0.29) is 0 Å². The van der Waals surface area contributed by atoms with Gasteiger partial charge in [-0.1, -0.05) is 85.8 Å². The summed E-state index contributed by atoms with van der Waals surface area (Å²) in [5.74, 6) is 0.930. The van der Waals surface area contributed by atoms with Crippen LogP contribution < -0.4 is 0 Å². The van der Waals surface area contributed by atoms with Gasteiger partial charge in [0.05, 0.1) is 0 Å². The minimum atomic E-state index is 0.363. The Hall–Kier alpha value is -2.60. The molecule has 0 radical (unpaired) electrons. The standard InChI is InChI=1S/C26H24/c1-2-18-12-9-17-20(19-10-3-4-11-19)25(18)26-23-15-7-5-13-21(23)22-14-6-8-16-24(22)26/h3,5-10,12-17,19,26H,2,4,11H2,1H3. The first-order valence-electron chi connectivity index (χ1n) is 9.85. The molecule has 0 nitrogen and oxygen atoms in total. The summed E-state index contributed by atoms with van der Waals surface area (Å²) in [7, 11) is 0. The van der Waals surface area contributed by atoms with Gasteiger partial charge in [-0.2, -0.15) is 0 Å². The van der Waals surface area contributed by atoms with E-state index in [0.29, 0.717) is 11.8 Å². The Morgan fingerprint density at radius 2 is 1.42 bits per heavy atom. The Balaban J connectivity index is 1.79. The maximum absolute atomic E-state index is 2.42. The van der Waals surface area contributed by atoms with Crippen molar-refractivity contribution in [3.8, 4) is 11.1 Å². The lowest BCUT2D eigenvalue weighted by molar-refractivity contribution is 0.777. The largest absolute Gasteiger partial charge is 0.0879 e.